The van der Waals surface area contributed by atoms with Crippen molar-refractivity contribution in [3.05, 3.63) is 82.4 Å². The largest absolute Gasteiger partial charge is 0.147 e. The van der Waals surface area contributed by atoms with E-state index in [1.165, 1.54) is 39.1 Å². The van der Waals surface area contributed by atoms with Gasteiger partial charge in [0, 0.05) is 0 Å². The Morgan fingerprint density at radius 1 is 1.00 bits per heavy atom. The molecule has 0 amide bonds. The molecule has 0 saturated carbocycles. The average Bonchev–Trinajstić information content (AvgIpc) is 3.08. The monoisotopic (exact) mass is 423 g/mol. The Balaban J connectivity index is 0.00000169. The summed E-state index contributed by atoms with van der Waals surface area (Å²) < 4.78 is 4.40. The normalized spacial score (nSPS) is 13.3. The van der Waals surface area contributed by atoms with E-state index in [2.05, 4.69) is 86.1 Å². The Morgan fingerprint density at radius 3 is 2.27 bits per heavy atom. The first-order valence-corrected chi connectivity index (χ1v) is 10.3. The summed E-state index contributed by atoms with van der Waals surface area (Å²) in [6.07, 6.45) is 7.73. The average molecular weight is 424 g/mol. The minimum Gasteiger partial charge on any atom is -0.147 e. The van der Waals surface area contributed by atoms with Crippen molar-refractivity contribution < 1.29 is 19.4 Å². The van der Waals surface area contributed by atoms with Gasteiger partial charge in [0.1, 0.15) is 0 Å². The van der Waals surface area contributed by atoms with Crippen molar-refractivity contribution in [3.8, 4) is 0 Å². The molecule has 138 valence electrons. The molecule has 26 heavy (non-hydrogen) atoms. The maximum Gasteiger partial charge on any atom is -0.147 e. The molecule has 0 spiro atoms. The van der Waals surface area contributed by atoms with Gasteiger partial charge >= 0.3 is 155 Å². The van der Waals surface area contributed by atoms with Crippen molar-refractivity contribution in [3.63, 3.8) is 0 Å². The van der Waals surface area contributed by atoms with Crippen LogP contribution in [0, 0.1) is 20.8 Å². The summed E-state index contributed by atoms with van der Waals surface area (Å²) in [5.74, 6) is 0. The molecule has 2 aromatic rings. The quantitative estimate of drug-likeness (QED) is 0.512. The number of hydrogen-bond donors (Lipinski definition) is 1. The fourth-order valence-electron chi connectivity index (χ4n) is 3.45. The van der Waals surface area contributed by atoms with E-state index in [4.69, 9.17) is 0 Å². The van der Waals surface area contributed by atoms with Crippen molar-refractivity contribution in [1.29, 1.82) is 0 Å². The molecule has 1 aliphatic rings. The van der Waals surface area contributed by atoms with Crippen LogP contribution in [-0.2, 0) is 19.4 Å². The summed E-state index contributed by atoms with van der Waals surface area (Å²) in [5, 5.41) is 0. The third-order valence-electron chi connectivity index (χ3n) is 4.64. The van der Waals surface area contributed by atoms with Crippen molar-refractivity contribution in [2.24, 2.45) is 0 Å². The van der Waals surface area contributed by atoms with Crippen LogP contribution in [0.1, 0.15) is 45.4 Å². The number of nitrogens with one attached hydrogen (secondary N) is 1. The zero-order valence-corrected chi connectivity index (χ0v) is 19.0. The third kappa shape index (κ3) is 5.27. The van der Waals surface area contributed by atoms with Gasteiger partial charge < -0.3 is 0 Å². The molecule has 0 aliphatic heterocycles. The van der Waals surface area contributed by atoms with Gasteiger partial charge in [0.15, 0.2) is 0 Å². The summed E-state index contributed by atoms with van der Waals surface area (Å²) in [6.45, 7) is 8.96. The molecule has 0 heterocycles. The van der Waals surface area contributed by atoms with Gasteiger partial charge in [-0.1, -0.05) is 0 Å². The Labute approximate surface area is 179 Å². The molecule has 0 aromatic heterocycles. The Hall–Kier alpha value is -0.986. The van der Waals surface area contributed by atoms with E-state index in [0.717, 1.165) is 6.42 Å². The zero-order valence-electron chi connectivity index (χ0n) is 15.8. The summed E-state index contributed by atoms with van der Waals surface area (Å²) in [6, 6.07) is 13.5. The van der Waals surface area contributed by atoms with Crippen LogP contribution in [0.15, 0.2) is 54.6 Å². The van der Waals surface area contributed by atoms with Crippen LogP contribution in [0.3, 0.4) is 0 Å². The first kappa shape index (κ1) is 23.1. The van der Waals surface area contributed by atoms with Crippen LogP contribution in [0.2, 0.25) is 0 Å². The Kier molecular flexibility index (Phi) is 9.20. The predicted molar refractivity (Wildman–Crippen MR) is 115 cm³/mol. The zero-order chi connectivity index (χ0) is 17.1. The molecule has 1 nitrogen and oxygen atoms in total. The molecule has 3 rings (SSSR count). The molecular weight excluding hydrogens is 397 g/mol. The van der Waals surface area contributed by atoms with E-state index >= 15 is 0 Å². The molecule has 0 fully saturated rings. The molecule has 1 aliphatic carbocycles. The number of benzene rings is 2. The maximum absolute atomic E-state index is 3.81. The van der Waals surface area contributed by atoms with E-state index in [1.807, 2.05) is 0 Å². The van der Waals surface area contributed by atoms with Crippen LogP contribution in [0.25, 0.3) is 5.57 Å². The fourth-order valence-corrected chi connectivity index (χ4v) is 5.26. The third-order valence-corrected chi connectivity index (χ3v) is 6.41. The molecule has 0 radical (unpaired) electrons. The Morgan fingerprint density at radius 2 is 1.65 bits per heavy atom. The molecular formula is C22H27Cl2NTi. The van der Waals surface area contributed by atoms with E-state index in [0.29, 0.717) is 4.22 Å². The molecule has 0 saturated heterocycles. The summed E-state index contributed by atoms with van der Waals surface area (Å²) >= 11 is -0.321. The fraction of sp³-hybridized carbons (Fsp3) is 0.273. The first-order chi connectivity index (χ1) is 11.6. The molecule has 1 unspecified atom stereocenters. The van der Waals surface area contributed by atoms with Gasteiger partial charge in [0.25, 0.3) is 0 Å². The number of anilines is 1. The van der Waals surface area contributed by atoms with Crippen LogP contribution in [0.4, 0.5) is 5.69 Å². The second kappa shape index (κ2) is 10.4. The van der Waals surface area contributed by atoms with Crippen molar-refractivity contribution in [2.45, 2.75) is 38.3 Å². The van der Waals surface area contributed by atoms with Crippen LogP contribution >= 0.6 is 24.8 Å². The number of hydrogen-bond acceptors (Lipinski definition) is 1. The summed E-state index contributed by atoms with van der Waals surface area (Å²) in [4.78, 5) is 0. The molecule has 0 bridgehead atoms. The SMILES string of the molecule is Cc1cc(C)c([NH][Ti][CH](C)c2ccccc2C2=CC=CC2)c(C)c1.Cl.Cl. The van der Waals surface area contributed by atoms with Crippen molar-refractivity contribution >= 4 is 36.1 Å². The second-order valence-corrected chi connectivity index (χ2v) is 8.87. The molecule has 2 aromatic carbocycles. The van der Waals surface area contributed by atoms with Gasteiger partial charge in [-0.15, -0.1) is 24.8 Å². The van der Waals surface area contributed by atoms with Gasteiger partial charge in [-0.2, -0.15) is 0 Å². The smallest absolute Gasteiger partial charge is 0.147 e. The van der Waals surface area contributed by atoms with E-state index in [9.17, 15) is 0 Å². The van der Waals surface area contributed by atoms with Gasteiger partial charge in [-0.3, -0.25) is 0 Å². The van der Waals surface area contributed by atoms with Crippen LogP contribution < -0.4 is 3.80 Å². The van der Waals surface area contributed by atoms with Gasteiger partial charge in [-0.05, 0) is 0 Å². The minimum absolute atomic E-state index is 0. The summed E-state index contributed by atoms with van der Waals surface area (Å²) in [5.41, 5.74) is 9.77. The van der Waals surface area contributed by atoms with Crippen LogP contribution in [-0.4, -0.2) is 0 Å². The number of aryl methyl sites for hydroxylation is 3. The molecule has 1 N–H and O–H groups in total. The van der Waals surface area contributed by atoms with E-state index in [1.54, 1.807) is 0 Å². The van der Waals surface area contributed by atoms with Gasteiger partial charge in [0.2, 0.25) is 0 Å². The molecule has 1 atom stereocenters. The minimum atomic E-state index is -0.321. The molecule has 4 heteroatoms. The van der Waals surface area contributed by atoms with Crippen molar-refractivity contribution in [2.75, 3.05) is 3.80 Å². The van der Waals surface area contributed by atoms with E-state index < -0.39 is 0 Å². The topological polar surface area (TPSA) is 12.0 Å². The van der Waals surface area contributed by atoms with Gasteiger partial charge in [-0.25, -0.2) is 0 Å². The number of rotatable bonds is 5. The summed E-state index contributed by atoms with van der Waals surface area (Å²) in [7, 11) is 0. The number of halogens is 2. The first-order valence-electron chi connectivity index (χ1n) is 8.60. The second-order valence-electron chi connectivity index (χ2n) is 6.68. The predicted octanol–water partition coefficient (Wildman–Crippen LogP) is 6.97. The van der Waals surface area contributed by atoms with Crippen molar-refractivity contribution in [1.82, 2.24) is 0 Å². The van der Waals surface area contributed by atoms with Gasteiger partial charge in [0.05, 0.1) is 0 Å². The standard InChI is InChI=1S/C13H13.C9H12N.2ClH.Ti/c1-2-11-7-5-6-10-13(11)12-8-3-4-9-12;1-6-4-7(2)9(10)8(3)5-6;;;/h2-8,10H,9H2,1H3;4-5,10H,1-3H3;2*1H;/q;-1;;;+1. The Bertz CT molecular complexity index is 789. The van der Waals surface area contributed by atoms with E-state index in [-0.39, 0.29) is 44.2 Å². The maximum atomic E-state index is 3.81. The van der Waals surface area contributed by atoms with Crippen LogP contribution in [0.5, 0.6) is 0 Å². The number of allylic oxidation sites excluding steroid dienone is 4.